The van der Waals surface area contributed by atoms with Crippen LogP contribution in [0, 0.1) is 0 Å². The second kappa shape index (κ2) is 7.87. The summed E-state index contributed by atoms with van der Waals surface area (Å²) in [5, 5.41) is 4.43. The monoisotopic (exact) mass is 374 g/mol. The summed E-state index contributed by atoms with van der Waals surface area (Å²) in [6.07, 6.45) is 0. The number of carbonyl (C=O) groups excluding carboxylic acids is 1. The maximum atomic E-state index is 12.4. The Bertz CT molecular complexity index is 859. The van der Waals surface area contributed by atoms with Crippen LogP contribution in [0.15, 0.2) is 48.5 Å². The molecule has 0 unspecified atom stereocenters. The normalized spacial score (nSPS) is 11.0. The molecule has 2 aromatic carbocycles. The molecule has 0 aliphatic heterocycles. The quantitative estimate of drug-likeness (QED) is 0.677. The van der Waals surface area contributed by atoms with Gasteiger partial charge in [0.1, 0.15) is 12.4 Å². The molecule has 0 saturated heterocycles. The van der Waals surface area contributed by atoms with E-state index in [1.54, 1.807) is 18.2 Å². The molecule has 0 fully saturated rings. The second-order valence-corrected chi connectivity index (χ2v) is 7.39. The highest BCUT2D eigenvalue weighted by Gasteiger charge is 2.11. The molecule has 0 atom stereocenters. The van der Waals surface area contributed by atoms with Crippen molar-refractivity contribution in [2.24, 2.45) is 0 Å². The lowest BCUT2D eigenvalue weighted by Crippen LogP contribution is -2.19. The van der Waals surface area contributed by atoms with Gasteiger partial charge in [0, 0.05) is 16.9 Å². The molecule has 0 radical (unpaired) electrons. The third kappa shape index (κ3) is 4.51. The van der Waals surface area contributed by atoms with E-state index in [1.165, 1.54) is 11.3 Å². The van der Waals surface area contributed by atoms with E-state index in [2.05, 4.69) is 5.32 Å². The van der Waals surface area contributed by atoms with Crippen molar-refractivity contribution >= 4 is 44.6 Å². The van der Waals surface area contributed by atoms with Gasteiger partial charge in [-0.1, -0.05) is 29.8 Å². The number of anilines is 1. The first-order valence-electron chi connectivity index (χ1n) is 7.90. The minimum atomic E-state index is -0.140. The summed E-state index contributed by atoms with van der Waals surface area (Å²) in [5.74, 6) is 0.474. The predicted octanol–water partition coefficient (Wildman–Crippen LogP) is 4.75. The largest absolute Gasteiger partial charge is 0.491 e. The zero-order chi connectivity index (χ0) is 17.8. The average molecular weight is 375 g/mol. The van der Waals surface area contributed by atoms with Crippen molar-refractivity contribution in [3.05, 3.63) is 58.4 Å². The van der Waals surface area contributed by atoms with E-state index < -0.39 is 0 Å². The van der Waals surface area contributed by atoms with E-state index in [0.29, 0.717) is 27.9 Å². The second-order valence-electron chi connectivity index (χ2n) is 5.90. The van der Waals surface area contributed by atoms with Gasteiger partial charge >= 0.3 is 0 Å². The summed E-state index contributed by atoms with van der Waals surface area (Å²) >= 11 is 7.72. The van der Waals surface area contributed by atoms with Crippen molar-refractivity contribution in [3.8, 4) is 5.75 Å². The fourth-order valence-electron chi connectivity index (χ4n) is 2.32. The number of benzene rings is 2. The summed E-state index contributed by atoms with van der Waals surface area (Å²) in [4.78, 5) is 15.2. The lowest BCUT2D eigenvalue weighted by atomic mass is 10.2. The molecule has 0 aliphatic rings. The number of rotatable bonds is 6. The van der Waals surface area contributed by atoms with Crippen LogP contribution >= 0.6 is 22.9 Å². The third-order valence-electron chi connectivity index (χ3n) is 3.64. The van der Waals surface area contributed by atoms with E-state index in [-0.39, 0.29) is 5.91 Å². The topological polar surface area (TPSA) is 41.6 Å². The number of nitrogens with one attached hydrogen (secondary N) is 1. The first-order valence-corrected chi connectivity index (χ1v) is 9.09. The molecular formula is C19H19ClN2O2S. The number of hydrogen-bond donors (Lipinski definition) is 1. The van der Waals surface area contributed by atoms with Gasteiger partial charge in [0.05, 0.1) is 9.90 Å². The maximum absolute atomic E-state index is 12.4. The van der Waals surface area contributed by atoms with Gasteiger partial charge in [0.25, 0.3) is 5.91 Å². The highest BCUT2D eigenvalue weighted by atomic mass is 35.5. The Hall–Kier alpha value is -2.08. The van der Waals surface area contributed by atoms with Crippen LogP contribution in [0.1, 0.15) is 9.67 Å². The fraction of sp³-hybridized carbons (Fsp3) is 0.211. The van der Waals surface area contributed by atoms with Crippen LogP contribution in [0.25, 0.3) is 10.1 Å². The summed E-state index contributed by atoms with van der Waals surface area (Å²) < 4.78 is 6.74. The van der Waals surface area contributed by atoms with Gasteiger partial charge in [-0.05, 0) is 49.8 Å². The van der Waals surface area contributed by atoms with E-state index in [9.17, 15) is 4.79 Å². The Balaban J connectivity index is 1.67. The number of hydrogen-bond acceptors (Lipinski definition) is 4. The third-order valence-corrected chi connectivity index (χ3v) is 5.05. The standard InChI is InChI=1S/C19H19ClN2O2S/c1-22(2)9-10-24-16-8-7-14(12-15(16)20)21-19(23)18-11-13-5-3-4-6-17(13)25-18/h3-8,11-12H,9-10H2,1-2H3,(H,21,23). The Morgan fingerprint density at radius 2 is 2.00 bits per heavy atom. The van der Waals surface area contributed by atoms with Gasteiger partial charge in [0.15, 0.2) is 0 Å². The van der Waals surface area contributed by atoms with Gasteiger partial charge in [-0.25, -0.2) is 0 Å². The molecule has 4 nitrogen and oxygen atoms in total. The van der Waals surface area contributed by atoms with Crippen LogP contribution in [0.4, 0.5) is 5.69 Å². The summed E-state index contributed by atoms with van der Waals surface area (Å²) in [6.45, 7) is 1.36. The Kier molecular flexibility index (Phi) is 5.58. The Morgan fingerprint density at radius 1 is 1.20 bits per heavy atom. The van der Waals surface area contributed by atoms with E-state index in [1.807, 2.05) is 49.3 Å². The summed E-state index contributed by atoms with van der Waals surface area (Å²) in [6, 6.07) is 15.1. The molecule has 0 aliphatic carbocycles. The van der Waals surface area contributed by atoms with Crippen LogP contribution in [0.2, 0.25) is 5.02 Å². The molecular weight excluding hydrogens is 356 g/mol. The molecule has 0 spiro atoms. The number of amides is 1. The SMILES string of the molecule is CN(C)CCOc1ccc(NC(=O)c2cc3ccccc3s2)cc1Cl. The number of carbonyl (C=O) groups is 1. The van der Waals surface area contributed by atoms with Gasteiger partial charge < -0.3 is 15.0 Å². The van der Waals surface area contributed by atoms with Crippen molar-refractivity contribution in [1.82, 2.24) is 4.90 Å². The number of halogens is 1. The van der Waals surface area contributed by atoms with Gasteiger partial charge in [-0.15, -0.1) is 11.3 Å². The van der Waals surface area contributed by atoms with E-state index >= 15 is 0 Å². The average Bonchev–Trinajstić information content (AvgIpc) is 3.01. The molecule has 130 valence electrons. The number of nitrogens with zero attached hydrogens (tertiary/aromatic N) is 1. The highest BCUT2D eigenvalue weighted by molar-refractivity contribution is 7.20. The van der Waals surface area contributed by atoms with Crippen molar-refractivity contribution in [2.75, 3.05) is 32.6 Å². The molecule has 0 bridgehead atoms. The minimum Gasteiger partial charge on any atom is -0.491 e. The number of likely N-dealkylation sites (N-methyl/N-ethyl adjacent to an activating group) is 1. The number of thiophene rings is 1. The maximum Gasteiger partial charge on any atom is 0.265 e. The van der Waals surface area contributed by atoms with Gasteiger partial charge in [-0.3, -0.25) is 4.79 Å². The molecule has 3 rings (SSSR count). The Morgan fingerprint density at radius 3 is 2.72 bits per heavy atom. The molecule has 25 heavy (non-hydrogen) atoms. The smallest absolute Gasteiger partial charge is 0.265 e. The zero-order valence-electron chi connectivity index (χ0n) is 14.1. The molecule has 0 saturated carbocycles. The molecule has 1 amide bonds. The molecule has 1 heterocycles. The van der Waals surface area contributed by atoms with E-state index in [0.717, 1.165) is 16.6 Å². The predicted molar refractivity (Wildman–Crippen MR) is 105 cm³/mol. The number of ether oxygens (including phenoxy) is 1. The van der Waals surface area contributed by atoms with Crippen LogP contribution in [0.5, 0.6) is 5.75 Å². The van der Waals surface area contributed by atoms with E-state index in [4.69, 9.17) is 16.3 Å². The highest BCUT2D eigenvalue weighted by Crippen LogP contribution is 2.29. The first-order chi connectivity index (χ1) is 12.0. The van der Waals surface area contributed by atoms with Crippen molar-refractivity contribution < 1.29 is 9.53 Å². The van der Waals surface area contributed by atoms with Crippen molar-refractivity contribution in [1.29, 1.82) is 0 Å². The molecule has 3 aromatic rings. The lowest BCUT2D eigenvalue weighted by Gasteiger charge is -2.13. The molecule has 1 N–H and O–H groups in total. The molecule has 1 aromatic heterocycles. The van der Waals surface area contributed by atoms with Crippen LogP contribution in [-0.2, 0) is 0 Å². The molecule has 6 heteroatoms. The minimum absolute atomic E-state index is 0.140. The van der Waals surface area contributed by atoms with Crippen LogP contribution < -0.4 is 10.1 Å². The van der Waals surface area contributed by atoms with Crippen LogP contribution in [-0.4, -0.2) is 38.1 Å². The fourth-order valence-corrected chi connectivity index (χ4v) is 3.51. The summed E-state index contributed by atoms with van der Waals surface area (Å²) in [7, 11) is 3.97. The lowest BCUT2D eigenvalue weighted by molar-refractivity contribution is 0.103. The van der Waals surface area contributed by atoms with Crippen LogP contribution in [0.3, 0.4) is 0 Å². The van der Waals surface area contributed by atoms with Crippen molar-refractivity contribution in [3.63, 3.8) is 0 Å². The zero-order valence-corrected chi connectivity index (χ0v) is 15.7. The number of fused-ring (bicyclic) bond motifs is 1. The van der Waals surface area contributed by atoms with Gasteiger partial charge in [0.2, 0.25) is 0 Å². The van der Waals surface area contributed by atoms with Crippen molar-refractivity contribution in [2.45, 2.75) is 0 Å². The van der Waals surface area contributed by atoms with Gasteiger partial charge in [-0.2, -0.15) is 0 Å². The summed E-state index contributed by atoms with van der Waals surface area (Å²) in [5.41, 5.74) is 0.646. The first kappa shape index (κ1) is 17.7. The Labute approximate surface area is 156 Å².